The Bertz CT molecular complexity index is 1350. The van der Waals surface area contributed by atoms with Gasteiger partial charge in [-0.2, -0.15) is 5.26 Å². The fourth-order valence-corrected chi connectivity index (χ4v) is 4.83. The van der Waals surface area contributed by atoms with Gasteiger partial charge < -0.3 is 19.7 Å². The normalized spacial score (nSPS) is 15.1. The van der Waals surface area contributed by atoms with Crippen molar-refractivity contribution in [3.8, 4) is 28.3 Å². The minimum absolute atomic E-state index is 0.399. The second kappa shape index (κ2) is 8.38. The van der Waals surface area contributed by atoms with Gasteiger partial charge in [0.25, 0.3) is 0 Å². The van der Waals surface area contributed by atoms with E-state index in [-0.39, 0.29) is 0 Å². The number of likely N-dealkylation sites (tertiary alicyclic amines) is 1. The van der Waals surface area contributed by atoms with Crippen LogP contribution in [0.5, 0.6) is 0 Å². The number of aromatic nitrogens is 3. The Morgan fingerprint density at radius 2 is 1.94 bits per heavy atom. The van der Waals surface area contributed by atoms with Gasteiger partial charge in [0.15, 0.2) is 0 Å². The lowest BCUT2D eigenvalue weighted by Crippen LogP contribution is -2.36. The monoisotopic (exact) mass is 440 g/mol. The molecule has 0 radical (unpaired) electrons. The van der Waals surface area contributed by atoms with E-state index < -0.39 is 0 Å². The van der Waals surface area contributed by atoms with E-state index in [9.17, 15) is 5.26 Å². The van der Waals surface area contributed by atoms with E-state index in [1.807, 2.05) is 32.9 Å². The second-order valence-electron chi connectivity index (χ2n) is 9.02. The standard InChI is InChI=1S/C26H28N6O/c1-15-18(14-27)6-5-7-21(15)22-12-19(24-16(2)31-33-17(24)3)13-23-25(22)30-26(29-23)28-20-8-10-32(4)11-9-20/h5-7,12-13,20H,8-11H2,1-4H3,(H2,28,29,30). The van der Waals surface area contributed by atoms with Gasteiger partial charge in [0, 0.05) is 17.2 Å². The van der Waals surface area contributed by atoms with Crippen molar-refractivity contribution < 1.29 is 4.52 Å². The molecule has 5 rings (SSSR count). The molecular formula is C26H28N6O. The summed E-state index contributed by atoms with van der Waals surface area (Å²) in [4.78, 5) is 10.8. The van der Waals surface area contributed by atoms with E-state index in [4.69, 9.17) is 9.51 Å². The number of rotatable bonds is 4. The molecule has 7 heteroatoms. The molecule has 2 aromatic heterocycles. The highest BCUT2D eigenvalue weighted by Gasteiger charge is 2.21. The zero-order valence-corrected chi connectivity index (χ0v) is 19.5. The highest BCUT2D eigenvalue weighted by molar-refractivity contribution is 5.98. The first-order chi connectivity index (χ1) is 15.9. The van der Waals surface area contributed by atoms with Crippen LogP contribution in [0.4, 0.5) is 5.95 Å². The largest absolute Gasteiger partial charge is 0.361 e. The molecule has 1 aliphatic heterocycles. The molecule has 0 atom stereocenters. The maximum atomic E-state index is 9.58. The minimum atomic E-state index is 0.399. The van der Waals surface area contributed by atoms with Crippen LogP contribution in [0.25, 0.3) is 33.3 Å². The van der Waals surface area contributed by atoms with Crippen LogP contribution in [0, 0.1) is 32.1 Å². The summed E-state index contributed by atoms with van der Waals surface area (Å²) >= 11 is 0. The highest BCUT2D eigenvalue weighted by Crippen LogP contribution is 2.38. The first-order valence-electron chi connectivity index (χ1n) is 11.4. The van der Waals surface area contributed by atoms with Gasteiger partial charge in [-0.1, -0.05) is 17.3 Å². The van der Waals surface area contributed by atoms with Crippen LogP contribution in [0.2, 0.25) is 0 Å². The fraction of sp³-hybridized carbons (Fsp3) is 0.346. The van der Waals surface area contributed by atoms with Crippen molar-refractivity contribution >= 4 is 17.0 Å². The SMILES string of the molecule is Cc1noc(C)c1-c1cc(-c2cccc(C#N)c2C)c2nc(NC3CCN(C)CC3)[nH]c2c1. The predicted molar refractivity (Wildman–Crippen MR) is 130 cm³/mol. The van der Waals surface area contributed by atoms with Crippen LogP contribution >= 0.6 is 0 Å². The molecule has 7 nitrogen and oxygen atoms in total. The Balaban J connectivity index is 1.66. The number of nitrogens with zero attached hydrogens (tertiary/aromatic N) is 4. The number of nitrogens with one attached hydrogen (secondary N) is 2. The predicted octanol–water partition coefficient (Wildman–Crippen LogP) is 5.19. The number of aromatic amines is 1. The molecule has 4 aromatic rings. The third-order valence-electron chi connectivity index (χ3n) is 6.71. The van der Waals surface area contributed by atoms with Crippen molar-refractivity contribution in [1.82, 2.24) is 20.0 Å². The molecule has 33 heavy (non-hydrogen) atoms. The number of piperidine rings is 1. The van der Waals surface area contributed by atoms with E-state index in [0.29, 0.717) is 11.6 Å². The Labute approximate surface area is 193 Å². The average Bonchev–Trinajstić information content (AvgIpc) is 3.36. The van der Waals surface area contributed by atoms with E-state index in [2.05, 4.69) is 51.7 Å². The van der Waals surface area contributed by atoms with Gasteiger partial charge in [0.1, 0.15) is 5.76 Å². The van der Waals surface area contributed by atoms with Crippen molar-refractivity contribution in [3.63, 3.8) is 0 Å². The van der Waals surface area contributed by atoms with E-state index in [0.717, 1.165) is 82.2 Å². The number of H-pyrrole nitrogens is 1. The molecule has 1 saturated heterocycles. The molecular weight excluding hydrogens is 412 g/mol. The lowest BCUT2D eigenvalue weighted by atomic mass is 9.92. The summed E-state index contributed by atoms with van der Waals surface area (Å²) in [7, 11) is 2.16. The Kier molecular flexibility index (Phi) is 5.39. The van der Waals surface area contributed by atoms with Gasteiger partial charge in [-0.15, -0.1) is 0 Å². The zero-order chi connectivity index (χ0) is 23.1. The van der Waals surface area contributed by atoms with Crippen LogP contribution in [-0.2, 0) is 0 Å². The fourth-order valence-electron chi connectivity index (χ4n) is 4.83. The first-order valence-corrected chi connectivity index (χ1v) is 11.4. The Morgan fingerprint density at radius 1 is 1.15 bits per heavy atom. The van der Waals surface area contributed by atoms with Crippen molar-refractivity contribution in [2.75, 3.05) is 25.5 Å². The summed E-state index contributed by atoms with van der Waals surface area (Å²) in [5, 5.41) is 17.3. The van der Waals surface area contributed by atoms with Crippen LogP contribution in [-0.4, -0.2) is 46.2 Å². The summed E-state index contributed by atoms with van der Waals surface area (Å²) in [6, 6.07) is 12.8. The summed E-state index contributed by atoms with van der Waals surface area (Å²) in [6.07, 6.45) is 2.18. The lowest BCUT2D eigenvalue weighted by molar-refractivity contribution is 0.263. The molecule has 3 heterocycles. The van der Waals surface area contributed by atoms with E-state index in [1.54, 1.807) is 0 Å². The molecule has 0 saturated carbocycles. The number of hydrogen-bond acceptors (Lipinski definition) is 6. The smallest absolute Gasteiger partial charge is 0.201 e. The molecule has 0 bridgehead atoms. The molecule has 168 valence electrons. The highest BCUT2D eigenvalue weighted by atomic mass is 16.5. The molecule has 2 N–H and O–H groups in total. The van der Waals surface area contributed by atoms with Crippen LogP contribution in [0.1, 0.15) is 35.4 Å². The van der Waals surface area contributed by atoms with Gasteiger partial charge in [-0.25, -0.2) is 4.98 Å². The van der Waals surface area contributed by atoms with Crippen molar-refractivity contribution in [1.29, 1.82) is 5.26 Å². The van der Waals surface area contributed by atoms with Crippen molar-refractivity contribution in [3.05, 3.63) is 52.9 Å². The summed E-state index contributed by atoms with van der Waals surface area (Å²) in [6.45, 7) is 8.05. The van der Waals surface area contributed by atoms with Gasteiger partial charge in [0.05, 0.1) is 28.4 Å². The molecule has 2 aromatic carbocycles. The van der Waals surface area contributed by atoms with Crippen LogP contribution in [0.15, 0.2) is 34.9 Å². The summed E-state index contributed by atoms with van der Waals surface area (Å²) < 4.78 is 5.45. The summed E-state index contributed by atoms with van der Waals surface area (Å²) in [5.41, 5.74) is 8.31. The van der Waals surface area contributed by atoms with E-state index in [1.165, 1.54) is 0 Å². The van der Waals surface area contributed by atoms with Crippen molar-refractivity contribution in [2.24, 2.45) is 0 Å². The number of imidazole rings is 1. The van der Waals surface area contributed by atoms with Gasteiger partial charge in [-0.05, 0) is 88.6 Å². The maximum Gasteiger partial charge on any atom is 0.201 e. The number of hydrogen-bond donors (Lipinski definition) is 2. The zero-order valence-electron chi connectivity index (χ0n) is 19.5. The lowest BCUT2D eigenvalue weighted by Gasteiger charge is -2.29. The quantitative estimate of drug-likeness (QED) is 0.454. The molecule has 0 aliphatic carbocycles. The third-order valence-corrected chi connectivity index (χ3v) is 6.71. The average molecular weight is 441 g/mol. The van der Waals surface area contributed by atoms with Crippen LogP contribution in [0.3, 0.4) is 0 Å². The van der Waals surface area contributed by atoms with E-state index >= 15 is 0 Å². The Hall–Kier alpha value is -3.63. The molecule has 1 aliphatic rings. The third kappa shape index (κ3) is 3.87. The topological polar surface area (TPSA) is 93.8 Å². The Morgan fingerprint density at radius 3 is 2.64 bits per heavy atom. The van der Waals surface area contributed by atoms with Crippen LogP contribution < -0.4 is 5.32 Å². The molecule has 0 amide bonds. The molecule has 1 fully saturated rings. The molecule has 0 unspecified atom stereocenters. The van der Waals surface area contributed by atoms with Gasteiger partial charge in [-0.3, -0.25) is 0 Å². The summed E-state index contributed by atoms with van der Waals surface area (Å²) in [5.74, 6) is 1.57. The number of fused-ring (bicyclic) bond motifs is 1. The van der Waals surface area contributed by atoms with Gasteiger partial charge >= 0.3 is 0 Å². The second-order valence-corrected chi connectivity index (χ2v) is 9.02. The minimum Gasteiger partial charge on any atom is -0.361 e. The van der Waals surface area contributed by atoms with Crippen molar-refractivity contribution in [2.45, 2.75) is 39.7 Å². The first kappa shape index (κ1) is 21.2. The number of nitriles is 1. The number of aryl methyl sites for hydroxylation is 2. The molecule has 0 spiro atoms. The maximum absolute atomic E-state index is 9.58. The number of benzene rings is 2. The number of anilines is 1. The van der Waals surface area contributed by atoms with Gasteiger partial charge in [0.2, 0.25) is 5.95 Å².